The number of aromatic hydroxyl groups is 1. The number of fused-ring (bicyclic) bond motifs is 1. The molecule has 4 rings (SSSR count). The van der Waals surface area contributed by atoms with Crippen molar-refractivity contribution in [1.82, 2.24) is 14.5 Å². The van der Waals surface area contributed by atoms with Crippen molar-refractivity contribution in [3.8, 4) is 5.88 Å². The summed E-state index contributed by atoms with van der Waals surface area (Å²) in [5.41, 5.74) is 2.91. The minimum absolute atomic E-state index is 0.191. The Morgan fingerprint density at radius 1 is 1.20 bits per heavy atom. The Morgan fingerprint density at radius 3 is 2.77 bits per heavy atom. The van der Waals surface area contributed by atoms with Gasteiger partial charge in [0.1, 0.15) is 0 Å². The predicted molar refractivity (Wildman–Crippen MR) is 118 cm³/mol. The van der Waals surface area contributed by atoms with Crippen molar-refractivity contribution in [2.45, 2.75) is 13.3 Å². The number of aromatic nitrogens is 3. The summed E-state index contributed by atoms with van der Waals surface area (Å²) in [6, 6.07) is 15.9. The zero-order valence-corrected chi connectivity index (χ0v) is 17.1. The molecule has 0 spiro atoms. The van der Waals surface area contributed by atoms with Crippen molar-refractivity contribution in [2.75, 3.05) is 23.8 Å². The van der Waals surface area contributed by atoms with Crippen LogP contribution in [0.5, 0.6) is 5.88 Å². The predicted octanol–water partition coefficient (Wildman–Crippen LogP) is 4.60. The standard InChI is InChI=1S/C21H21N5O3S/c1-2-29-21(28)26-18(27)13-23-19(26)24-15-9-7-14(8-10-15)11-12-22-20-25-16-5-3-4-6-17(16)30-20/h3-10,13,27H,2,11-12H2,1H3,(H,22,25)(H,23,24). The molecule has 0 bridgehead atoms. The van der Waals surface area contributed by atoms with Crippen LogP contribution >= 0.6 is 11.3 Å². The molecular weight excluding hydrogens is 402 g/mol. The van der Waals surface area contributed by atoms with Crippen molar-refractivity contribution in [1.29, 1.82) is 0 Å². The molecule has 30 heavy (non-hydrogen) atoms. The lowest BCUT2D eigenvalue weighted by atomic mass is 10.1. The van der Waals surface area contributed by atoms with Crippen LogP contribution in [-0.2, 0) is 11.2 Å². The molecule has 3 N–H and O–H groups in total. The van der Waals surface area contributed by atoms with E-state index in [1.165, 1.54) is 10.9 Å². The van der Waals surface area contributed by atoms with Crippen LogP contribution in [0.2, 0.25) is 0 Å². The second-order valence-electron chi connectivity index (χ2n) is 6.46. The lowest BCUT2D eigenvalue weighted by Gasteiger charge is -2.10. The molecule has 0 fully saturated rings. The van der Waals surface area contributed by atoms with Crippen LogP contribution in [-0.4, -0.2) is 38.9 Å². The second-order valence-corrected chi connectivity index (χ2v) is 7.49. The van der Waals surface area contributed by atoms with E-state index in [1.807, 2.05) is 42.5 Å². The molecule has 0 atom stereocenters. The van der Waals surface area contributed by atoms with Gasteiger partial charge in [0.25, 0.3) is 0 Å². The Morgan fingerprint density at radius 2 is 2.00 bits per heavy atom. The zero-order valence-electron chi connectivity index (χ0n) is 16.3. The molecule has 0 saturated carbocycles. The summed E-state index contributed by atoms with van der Waals surface area (Å²) >= 11 is 1.65. The molecule has 0 saturated heterocycles. The van der Waals surface area contributed by atoms with Crippen LogP contribution in [0.3, 0.4) is 0 Å². The normalized spacial score (nSPS) is 10.8. The number of nitrogens with zero attached hydrogens (tertiary/aromatic N) is 3. The summed E-state index contributed by atoms with van der Waals surface area (Å²) in [5.74, 6) is -0.0929. The van der Waals surface area contributed by atoms with Gasteiger partial charge in [-0.25, -0.2) is 14.8 Å². The van der Waals surface area contributed by atoms with Gasteiger partial charge in [-0.1, -0.05) is 35.6 Å². The summed E-state index contributed by atoms with van der Waals surface area (Å²) in [7, 11) is 0. The topological polar surface area (TPSA) is 101 Å². The molecule has 0 aliphatic heterocycles. The van der Waals surface area contributed by atoms with E-state index >= 15 is 0 Å². The third-order valence-corrected chi connectivity index (χ3v) is 5.38. The highest BCUT2D eigenvalue weighted by Gasteiger charge is 2.17. The summed E-state index contributed by atoms with van der Waals surface area (Å²) < 4.78 is 7.09. The van der Waals surface area contributed by atoms with Gasteiger partial charge in [-0.2, -0.15) is 4.57 Å². The summed E-state index contributed by atoms with van der Waals surface area (Å²) in [6.07, 6.45) is 1.35. The Balaban J connectivity index is 1.35. The summed E-state index contributed by atoms with van der Waals surface area (Å²) in [6.45, 7) is 2.67. The van der Waals surface area contributed by atoms with Crippen LogP contribution in [0.4, 0.5) is 21.6 Å². The third-order valence-electron chi connectivity index (χ3n) is 4.39. The molecule has 0 radical (unpaired) electrons. The second kappa shape index (κ2) is 8.83. The van der Waals surface area contributed by atoms with Crippen LogP contribution in [0, 0.1) is 0 Å². The number of imidazole rings is 1. The lowest BCUT2D eigenvalue weighted by Crippen LogP contribution is -2.15. The fourth-order valence-corrected chi connectivity index (χ4v) is 3.84. The van der Waals surface area contributed by atoms with E-state index in [1.54, 1.807) is 18.3 Å². The van der Waals surface area contributed by atoms with Gasteiger partial charge in [0.15, 0.2) is 5.13 Å². The van der Waals surface area contributed by atoms with Crippen molar-refractivity contribution < 1.29 is 14.6 Å². The van der Waals surface area contributed by atoms with E-state index in [0.29, 0.717) is 0 Å². The average molecular weight is 423 g/mol. The maximum atomic E-state index is 12.0. The highest BCUT2D eigenvalue weighted by Crippen LogP contribution is 2.25. The van der Waals surface area contributed by atoms with E-state index in [0.717, 1.165) is 39.4 Å². The number of rotatable bonds is 7. The zero-order chi connectivity index (χ0) is 20.9. The first kappa shape index (κ1) is 19.7. The highest BCUT2D eigenvalue weighted by atomic mass is 32.1. The number of anilines is 3. The number of para-hydroxylation sites is 1. The van der Waals surface area contributed by atoms with Crippen molar-refractivity contribution in [3.05, 3.63) is 60.3 Å². The van der Waals surface area contributed by atoms with E-state index in [2.05, 4.69) is 26.7 Å². The molecule has 154 valence electrons. The minimum atomic E-state index is -0.687. The molecule has 0 amide bonds. The lowest BCUT2D eigenvalue weighted by molar-refractivity contribution is 0.152. The quantitative estimate of drug-likeness (QED) is 0.399. The molecule has 2 aromatic carbocycles. The van der Waals surface area contributed by atoms with Gasteiger partial charge in [0.2, 0.25) is 11.8 Å². The van der Waals surface area contributed by atoms with E-state index in [4.69, 9.17) is 4.74 Å². The number of hydrogen-bond donors (Lipinski definition) is 3. The van der Waals surface area contributed by atoms with E-state index in [-0.39, 0.29) is 18.4 Å². The fraction of sp³-hybridized carbons (Fsp3) is 0.190. The molecule has 0 aliphatic rings. The highest BCUT2D eigenvalue weighted by molar-refractivity contribution is 7.22. The monoisotopic (exact) mass is 423 g/mol. The Kier molecular flexibility index (Phi) is 5.80. The smallest absolute Gasteiger partial charge is 0.423 e. The van der Waals surface area contributed by atoms with Gasteiger partial charge in [0.05, 0.1) is 23.0 Å². The van der Waals surface area contributed by atoms with Gasteiger partial charge in [0, 0.05) is 12.2 Å². The molecule has 9 heteroatoms. The number of hydrogen-bond acceptors (Lipinski definition) is 8. The van der Waals surface area contributed by atoms with Crippen molar-refractivity contribution >= 4 is 44.4 Å². The number of thiazole rings is 1. The van der Waals surface area contributed by atoms with E-state index < -0.39 is 6.09 Å². The number of benzene rings is 2. The first-order chi connectivity index (χ1) is 14.6. The van der Waals surface area contributed by atoms with Gasteiger partial charge < -0.3 is 20.5 Å². The molecular formula is C21H21N5O3S. The average Bonchev–Trinajstić information content (AvgIpc) is 3.32. The Hall–Kier alpha value is -3.59. The number of nitrogens with one attached hydrogen (secondary N) is 2. The third kappa shape index (κ3) is 4.36. The summed E-state index contributed by atoms with van der Waals surface area (Å²) in [5, 5.41) is 17.1. The molecule has 0 unspecified atom stereocenters. The van der Waals surface area contributed by atoms with Crippen LogP contribution in [0.25, 0.3) is 10.2 Å². The van der Waals surface area contributed by atoms with Crippen molar-refractivity contribution in [3.63, 3.8) is 0 Å². The Bertz CT molecular complexity index is 1120. The molecule has 8 nitrogen and oxygen atoms in total. The maximum absolute atomic E-state index is 12.0. The maximum Gasteiger partial charge on any atom is 0.423 e. The van der Waals surface area contributed by atoms with Crippen LogP contribution in [0.15, 0.2) is 54.7 Å². The number of carbonyl (C=O) groups excluding carboxylic acids is 1. The fourth-order valence-electron chi connectivity index (χ4n) is 2.94. The minimum Gasteiger partial charge on any atom is -0.493 e. The van der Waals surface area contributed by atoms with Crippen LogP contribution < -0.4 is 10.6 Å². The van der Waals surface area contributed by atoms with Gasteiger partial charge in [-0.05, 0) is 43.2 Å². The van der Waals surface area contributed by atoms with Gasteiger partial charge in [-0.3, -0.25) is 0 Å². The molecule has 2 aromatic heterocycles. The van der Waals surface area contributed by atoms with Gasteiger partial charge >= 0.3 is 6.09 Å². The molecule has 4 aromatic rings. The largest absolute Gasteiger partial charge is 0.493 e. The van der Waals surface area contributed by atoms with Gasteiger partial charge in [-0.15, -0.1) is 0 Å². The molecule has 0 aliphatic carbocycles. The van der Waals surface area contributed by atoms with Crippen molar-refractivity contribution in [2.24, 2.45) is 0 Å². The first-order valence-corrected chi connectivity index (χ1v) is 10.3. The Labute approximate surface area is 177 Å². The summed E-state index contributed by atoms with van der Waals surface area (Å²) in [4.78, 5) is 20.6. The number of carbonyl (C=O) groups is 1. The van der Waals surface area contributed by atoms with Crippen LogP contribution in [0.1, 0.15) is 12.5 Å². The SMILES string of the molecule is CCOC(=O)n1c(O)cnc1Nc1ccc(CCNc2nc3ccccc3s2)cc1. The number of ether oxygens (including phenoxy) is 1. The van der Waals surface area contributed by atoms with E-state index in [9.17, 15) is 9.90 Å². The molecule has 2 heterocycles. The first-order valence-electron chi connectivity index (χ1n) is 9.53.